The normalized spacial score (nSPS) is 10.2. The average molecular weight is 202 g/mol. The lowest BCUT2D eigenvalue weighted by atomic mass is 10.6. The fraction of sp³-hybridized carbons (Fsp3) is 0.667. The highest BCUT2D eigenvalue weighted by Crippen LogP contribution is 2.13. The molecule has 0 radical (unpaired) electrons. The molecule has 7 heteroatoms. The van der Waals surface area contributed by atoms with Gasteiger partial charge in [0.05, 0.1) is 0 Å². The number of rotatable bonds is 5. The fourth-order valence-corrected chi connectivity index (χ4v) is 1.45. The van der Waals surface area contributed by atoms with Crippen molar-refractivity contribution in [2.45, 2.75) is 25.0 Å². The van der Waals surface area contributed by atoms with E-state index in [1.54, 1.807) is 0 Å². The monoisotopic (exact) mass is 202 g/mol. The number of carbonyl (C=O) groups is 1. The SMILES string of the molecule is CCCSc1nnnn1CC(=O)O. The lowest BCUT2D eigenvalue weighted by Crippen LogP contribution is -2.11. The van der Waals surface area contributed by atoms with Crippen LogP contribution in [0.4, 0.5) is 0 Å². The molecule has 0 aliphatic rings. The third-order valence-corrected chi connectivity index (χ3v) is 2.38. The van der Waals surface area contributed by atoms with Crippen molar-refractivity contribution < 1.29 is 9.90 Å². The molecule has 0 saturated carbocycles. The Morgan fingerprint density at radius 2 is 2.46 bits per heavy atom. The number of carboxylic acid groups (broad SMARTS) is 1. The summed E-state index contributed by atoms with van der Waals surface area (Å²) in [5.74, 6) is -0.0503. The fourth-order valence-electron chi connectivity index (χ4n) is 0.721. The molecule has 0 amide bonds. The van der Waals surface area contributed by atoms with Crippen molar-refractivity contribution >= 4 is 17.7 Å². The number of carboxylic acids is 1. The van der Waals surface area contributed by atoms with Gasteiger partial charge in [-0.15, -0.1) is 5.10 Å². The molecule has 0 bridgehead atoms. The number of nitrogens with zero attached hydrogens (tertiary/aromatic N) is 4. The summed E-state index contributed by atoms with van der Waals surface area (Å²) in [4.78, 5) is 10.4. The second-order valence-corrected chi connectivity index (χ2v) is 3.42. The van der Waals surface area contributed by atoms with Crippen LogP contribution in [0.5, 0.6) is 0 Å². The van der Waals surface area contributed by atoms with Crippen LogP contribution in [0.15, 0.2) is 5.16 Å². The summed E-state index contributed by atoms with van der Waals surface area (Å²) in [5.41, 5.74) is 0. The van der Waals surface area contributed by atoms with Crippen LogP contribution >= 0.6 is 11.8 Å². The van der Waals surface area contributed by atoms with E-state index in [1.807, 2.05) is 6.92 Å². The van der Waals surface area contributed by atoms with Crippen LogP contribution in [0.1, 0.15) is 13.3 Å². The van der Waals surface area contributed by atoms with Crippen LogP contribution in [0.25, 0.3) is 0 Å². The lowest BCUT2D eigenvalue weighted by Gasteiger charge is -1.98. The minimum absolute atomic E-state index is 0.182. The van der Waals surface area contributed by atoms with Crippen molar-refractivity contribution in [2.24, 2.45) is 0 Å². The molecule has 0 saturated heterocycles. The number of hydrogen-bond acceptors (Lipinski definition) is 5. The molecule has 13 heavy (non-hydrogen) atoms. The van der Waals surface area contributed by atoms with Gasteiger partial charge in [-0.2, -0.15) is 0 Å². The third-order valence-electron chi connectivity index (χ3n) is 1.22. The highest BCUT2D eigenvalue weighted by atomic mass is 32.2. The first-order chi connectivity index (χ1) is 6.24. The Balaban J connectivity index is 2.60. The summed E-state index contributed by atoms with van der Waals surface area (Å²) >= 11 is 1.46. The van der Waals surface area contributed by atoms with Gasteiger partial charge in [-0.1, -0.05) is 18.7 Å². The van der Waals surface area contributed by atoms with Gasteiger partial charge >= 0.3 is 5.97 Å². The predicted molar refractivity (Wildman–Crippen MR) is 46.5 cm³/mol. The smallest absolute Gasteiger partial charge is 0.325 e. The number of hydrogen-bond donors (Lipinski definition) is 1. The van der Waals surface area contributed by atoms with Crippen LogP contribution in [-0.2, 0) is 11.3 Å². The molecule has 0 spiro atoms. The van der Waals surface area contributed by atoms with Gasteiger partial charge in [0, 0.05) is 5.75 Å². The van der Waals surface area contributed by atoms with Gasteiger partial charge in [0.2, 0.25) is 5.16 Å². The zero-order valence-corrected chi connectivity index (χ0v) is 7.99. The van der Waals surface area contributed by atoms with Crippen molar-refractivity contribution in [3.05, 3.63) is 0 Å². The average Bonchev–Trinajstić information content (AvgIpc) is 2.48. The molecule has 1 aromatic rings. The third kappa shape index (κ3) is 3.02. The molecule has 0 aliphatic heterocycles. The van der Waals surface area contributed by atoms with E-state index < -0.39 is 5.97 Å². The molecule has 0 atom stereocenters. The standard InChI is InChI=1S/C6H10N4O2S/c1-2-3-13-6-7-8-9-10(6)4-5(11)12/h2-4H2,1H3,(H,11,12). The van der Waals surface area contributed by atoms with E-state index in [4.69, 9.17) is 5.11 Å². The minimum atomic E-state index is -0.939. The number of tetrazole rings is 1. The van der Waals surface area contributed by atoms with E-state index in [2.05, 4.69) is 15.5 Å². The summed E-state index contributed by atoms with van der Waals surface area (Å²) in [7, 11) is 0. The van der Waals surface area contributed by atoms with E-state index in [9.17, 15) is 4.79 Å². The minimum Gasteiger partial charge on any atom is -0.480 e. The number of thioether (sulfide) groups is 1. The van der Waals surface area contributed by atoms with Gasteiger partial charge in [-0.25, -0.2) is 4.68 Å². The predicted octanol–water partition coefficient (Wildman–Crippen LogP) is 0.260. The lowest BCUT2D eigenvalue weighted by molar-refractivity contribution is -0.138. The van der Waals surface area contributed by atoms with Crippen molar-refractivity contribution in [3.63, 3.8) is 0 Å². The first-order valence-corrected chi connectivity index (χ1v) is 4.83. The first-order valence-electron chi connectivity index (χ1n) is 3.84. The van der Waals surface area contributed by atoms with E-state index >= 15 is 0 Å². The van der Waals surface area contributed by atoms with Crippen molar-refractivity contribution in [3.8, 4) is 0 Å². The van der Waals surface area contributed by atoms with E-state index in [1.165, 1.54) is 16.4 Å². The van der Waals surface area contributed by atoms with Crippen molar-refractivity contribution in [2.75, 3.05) is 5.75 Å². The van der Waals surface area contributed by atoms with E-state index in [0.29, 0.717) is 5.16 Å². The Bertz CT molecular complexity index is 288. The van der Waals surface area contributed by atoms with Gasteiger partial charge in [0.25, 0.3) is 0 Å². The second kappa shape index (κ2) is 4.80. The Kier molecular flexibility index (Phi) is 3.69. The van der Waals surface area contributed by atoms with E-state index in [-0.39, 0.29) is 6.54 Å². The molecule has 1 N–H and O–H groups in total. The molecular formula is C6H10N4O2S. The highest BCUT2D eigenvalue weighted by molar-refractivity contribution is 7.99. The molecular weight excluding hydrogens is 192 g/mol. The van der Waals surface area contributed by atoms with Gasteiger partial charge in [0.1, 0.15) is 6.54 Å². The molecule has 72 valence electrons. The maximum atomic E-state index is 10.4. The summed E-state index contributed by atoms with van der Waals surface area (Å²) in [6.07, 6.45) is 1.00. The highest BCUT2D eigenvalue weighted by Gasteiger charge is 2.08. The molecule has 1 rings (SSSR count). The van der Waals surface area contributed by atoms with Gasteiger partial charge < -0.3 is 5.11 Å². The van der Waals surface area contributed by atoms with Crippen molar-refractivity contribution in [1.82, 2.24) is 20.2 Å². The summed E-state index contributed by atoms with van der Waals surface area (Å²) < 4.78 is 1.28. The molecule has 1 aromatic heterocycles. The Hall–Kier alpha value is -1.11. The van der Waals surface area contributed by atoms with Crippen LogP contribution in [-0.4, -0.2) is 37.0 Å². The molecule has 0 fully saturated rings. The maximum Gasteiger partial charge on any atom is 0.325 e. The van der Waals surface area contributed by atoms with Crippen LogP contribution in [0.2, 0.25) is 0 Å². The molecule has 0 aliphatic carbocycles. The van der Waals surface area contributed by atoms with Gasteiger partial charge in [0.15, 0.2) is 0 Å². The van der Waals surface area contributed by atoms with Gasteiger partial charge in [-0.05, 0) is 16.8 Å². The first kappa shape index (κ1) is 9.97. The molecule has 0 unspecified atom stereocenters. The largest absolute Gasteiger partial charge is 0.480 e. The summed E-state index contributed by atoms with van der Waals surface area (Å²) in [5, 5.41) is 19.7. The molecule has 0 aromatic carbocycles. The van der Waals surface area contributed by atoms with E-state index in [0.717, 1.165) is 12.2 Å². The Morgan fingerprint density at radius 3 is 3.08 bits per heavy atom. The second-order valence-electron chi connectivity index (χ2n) is 2.36. The molecule has 1 heterocycles. The Labute approximate surface area is 79.3 Å². The van der Waals surface area contributed by atoms with Crippen LogP contribution in [0, 0.1) is 0 Å². The zero-order valence-electron chi connectivity index (χ0n) is 7.17. The number of aliphatic carboxylic acids is 1. The van der Waals surface area contributed by atoms with Crippen molar-refractivity contribution in [1.29, 1.82) is 0 Å². The maximum absolute atomic E-state index is 10.4. The topological polar surface area (TPSA) is 80.9 Å². The Morgan fingerprint density at radius 1 is 1.69 bits per heavy atom. The zero-order chi connectivity index (χ0) is 9.68. The van der Waals surface area contributed by atoms with Crippen LogP contribution in [0.3, 0.4) is 0 Å². The van der Waals surface area contributed by atoms with Gasteiger partial charge in [-0.3, -0.25) is 4.79 Å². The number of aromatic nitrogens is 4. The summed E-state index contributed by atoms with van der Waals surface area (Å²) in [6.45, 7) is 1.86. The molecule has 6 nitrogen and oxygen atoms in total. The quantitative estimate of drug-likeness (QED) is 0.690. The van der Waals surface area contributed by atoms with Crippen LogP contribution < -0.4 is 0 Å². The summed E-state index contributed by atoms with van der Waals surface area (Å²) in [6, 6.07) is 0.